The van der Waals surface area contributed by atoms with Gasteiger partial charge in [-0.05, 0) is 19.1 Å². The second-order valence-electron chi connectivity index (χ2n) is 3.48. The minimum atomic E-state index is -3.11. The summed E-state index contributed by atoms with van der Waals surface area (Å²) >= 11 is 0. The molecule has 0 aliphatic rings. The normalized spacial score (nSPS) is 10.9. The number of nitro benzene ring substituents is 1. The standard InChI is InChI=1S/C11H9F2NO5/c1-6-4-9(19-11(12)13)7(2-3-10(15)16)5-8(6)14(17)18/h2-5,11H,1H3,(H,15,16)/b3-2+. The van der Waals surface area contributed by atoms with E-state index in [-0.39, 0.29) is 22.6 Å². The Morgan fingerprint density at radius 3 is 2.63 bits per heavy atom. The van der Waals surface area contributed by atoms with Gasteiger partial charge in [-0.25, -0.2) is 4.79 Å². The summed E-state index contributed by atoms with van der Waals surface area (Å²) in [5.41, 5.74) is -0.292. The third-order valence-electron chi connectivity index (χ3n) is 2.15. The summed E-state index contributed by atoms with van der Waals surface area (Å²) in [5.74, 6) is -1.64. The Labute approximate surface area is 106 Å². The van der Waals surface area contributed by atoms with Crippen molar-refractivity contribution in [2.45, 2.75) is 13.5 Å². The maximum absolute atomic E-state index is 12.2. The number of hydrogen-bond acceptors (Lipinski definition) is 4. The summed E-state index contributed by atoms with van der Waals surface area (Å²) in [6, 6.07) is 2.04. The van der Waals surface area contributed by atoms with Gasteiger partial charge in [0.1, 0.15) is 5.75 Å². The quantitative estimate of drug-likeness (QED) is 0.506. The van der Waals surface area contributed by atoms with Crippen molar-refractivity contribution in [3.63, 3.8) is 0 Å². The van der Waals surface area contributed by atoms with Crippen molar-refractivity contribution in [3.05, 3.63) is 39.4 Å². The first-order valence-electron chi connectivity index (χ1n) is 4.96. The third-order valence-corrected chi connectivity index (χ3v) is 2.15. The van der Waals surface area contributed by atoms with Crippen molar-refractivity contribution in [1.82, 2.24) is 0 Å². The number of alkyl halides is 2. The number of carboxylic acids is 1. The predicted molar refractivity (Wildman–Crippen MR) is 61.1 cm³/mol. The van der Waals surface area contributed by atoms with Crippen LogP contribution in [0.3, 0.4) is 0 Å². The van der Waals surface area contributed by atoms with Crippen LogP contribution in [0, 0.1) is 17.0 Å². The molecule has 0 saturated carbocycles. The van der Waals surface area contributed by atoms with E-state index in [1.807, 2.05) is 0 Å². The van der Waals surface area contributed by atoms with Crippen molar-refractivity contribution >= 4 is 17.7 Å². The number of aliphatic carboxylic acids is 1. The molecular weight excluding hydrogens is 264 g/mol. The van der Waals surface area contributed by atoms with Crippen LogP contribution < -0.4 is 4.74 Å². The van der Waals surface area contributed by atoms with E-state index >= 15 is 0 Å². The van der Waals surface area contributed by atoms with Crippen molar-refractivity contribution in [1.29, 1.82) is 0 Å². The maximum atomic E-state index is 12.2. The van der Waals surface area contributed by atoms with Crippen molar-refractivity contribution in [2.24, 2.45) is 0 Å². The lowest BCUT2D eigenvalue weighted by atomic mass is 10.1. The number of carbonyl (C=O) groups is 1. The first-order chi connectivity index (χ1) is 8.81. The predicted octanol–water partition coefficient (Wildman–Crippen LogP) is 2.60. The number of hydrogen-bond donors (Lipinski definition) is 1. The molecule has 0 aromatic heterocycles. The Hall–Kier alpha value is -2.51. The van der Waals surface area contributed by atoms with Crippen LogP contribution in [0.4, 0.5) is 14.5 Å². The second-order valence-corrected chi connectivity index (χ2v) is 3.48. The highest BCUT2D eigenvalue weighted by atomic mass is 19.3. The number of nitro groups is 1. The average molecular weight is 273 g/mol. The van der Waals surface area contributed by atoms with Gasteiger partial charge in [-0.1, -0.05) is 0 Å². The molecule has 0 fully saturated rings. The number of halogens is 2. The fourth-order valence-corrected chi connectivity index (χ4v) is 1.37. The van der Waals surface area contributed by atoms with Crippen LogP contribution >= 0.6 is 0 Å². The second kappa shape index (κ2) is 5.89. The molecule has 0 atom stereocenters. The van der Waals surface area contributed by atoms with E-state index in [9.17, 15) is 23.7 Å². The van der Waals surface area contributed by atoms with Crippen LogP contribution in [-0.4, -0.2) is 22.6 Å². The highest BCUT2D eigenvalue weighted by Gasteiger charge is 2.17. The van der Waals surface area contributed by atoms with Gasteiger partial charge in [0.05, 0.1) is 4.92 Å². The van der Waals surface area contributed by atoms with Crippen molar-refractivity contribution < 1.29 is 28.3 Å². The molecule has 0 spiro atoms. The highest BCUT2D eigenvalue weighted by Crippen LogP contribution is 2.30. The molecule has 1 aromatic rings. The molecule has 0 unspecified atom stereocenters. The van der Waals surface area contributed by atoms with Crippen LogP contribution in [0.5, 0.6) is 5.75 Å². The van der Waals surface area contributed by atoms with Gasteiger partial charge in [0.15, 0.2) is 0 Å². The Morgan fingerprint density at radius 1 is 1.53 bits per heavy atom. The topological polar surface area (TPSA) is 89.7 Å². The zero-order valence-corrected chi connectivity index (χ0v) is 9.67. The SMILES string of the molecule is Cc1cc(OC(F)F)c(/C=C/C(=O)O)cc1[N+](=O)[O-]. The van der Waals surface area contributed by atoms with E-state index < -0.39 is 17.5 Å². The van der Waals surface area contributed by atoms with Crippen LogP contribution in [0.25, 0.3) is 6.08 Å². The van der Waals surface area contributed by atoms with E-state index in [0.717, 1.165) is 18.2 Å². The summed E-state index contributed by atoms with van der Waals surface area (Å²) in [6.45, 7) is -1.75. The smallest absolute Gasteiger partial charge is 0.387 e. The van der Waals surface area contributed by atoms with Gasteiger partial charge in [0.25, 0.3) is 5.69 Å². The van der Waals surface area contributed by atoms with Crippen molar-refractivity contribution in [2.75, 3.05) is 0 Å². The van der Waals surface area contributed by atoms with Crippen LogP contribution in [0.15, 0.2) is 18.2 Å². The highest BCUT2D eigenvalue weighted by molar-refractivity contribution is 5.86. The zero-order valence-electron chi connectivity index (χ0n) is 9.67. The molecule has 8 heteroatoms. The molecule has 1 aromatic carbocycles. The summed E-state index contributed by atoms with van der Waals surface area (Å²) in [5, 5.41) is 19.2. The molecule has 0 bridgehead atoms. The first-order valence-corrected chi connectivity index (χ1v) is 4.96. The molecular formula is C11H9F2NO5. The number of nitrogens with zero attached hydrogens (tertiary/aromatic N) is 1. The van der Waals surface area contributed by atoms with E-state index in [0.29, 0.717) is 6.08 Å². The van der Waals surface area contributed by atoms with Gasteiger partial charge in [0, 0.05) is 23.3 Å². The Morgan fingerprint density at radius 2 is 2.16 bits per heavy atom. The molecule has 0 aliphatic carbocycles. The van der Waals surface area contributed by atoms with Gasteiger partial charge < -0.3 is 9.84 Å². The van der Waals surface area contributed by atoms with Crippen LogP contribution in [0.1, 0.15) is 11.1 Å². The summed E-state index contributed by atoms with van der Waals surface area (Å²) < 4.78 is 28.6. The van der Waals surface area contributed by atoms with Crippen LogP contribution in [-0.2, 0) is 4.79 Å². The molecule has 1 N–H and O–H groups in total. The Bertz CT molecular complexity index is 542. The van der Waals surface area contributed by atoms with E-state index in [2.05, 4.69) is 4.74 Å². The van der Waals surface area contributed by atoms with Crippen LogP contribution in [0.2, 0.25) is 0 Å². The van der Waals surface area contributed by atoms with Gasteiger partial charge in [-0.3, -0.25) is 10.1 Å². The molecule has 19 heavy (non-hydrogen) atoms. The van der Waals surface area contributed by atoms with Gasteiger partial charge in [-0.2, -0.15) is 8.78 Å². The minimum Gasteiger partial charge on any atom is -0.478 e. The minimum absolute atomic E-state index is 0.111. The third kappa shape index (κ3) is 4.02. The van der Waals surface area contributed by atoms with Gasteiger partial charge in [0.2, 0.25) is 0 Å². The lowest BCUT2D eigenvalue weighted by molar-refractivity contribution is -0.385. The molecule has 102 valence electrons. The monoisotopic (exact) mass is 273 g/mol. The molecule has 0 amide bonds. The largest absolute Gasteiger partial charge is 0.478 e. The zero-order chi connectivity index (χ0) is 14.6. The van der Waals surface area contributed by atoms with Gasteiger partial charge in [-0.15, -0.1) is 0 Å². The van der Waals surface area contributed by atoms with E-state index in [1.54, 1.807) is 0 Å². The summed E-state index contributed by atoms with van der Waals surface area (Å²) in [6.07, 6.45) is 1.62. The average Bonchev–Trinajstić information content (AvgIpc) is 2.26. The first kappa shape index (κ1) is 14.6. The number of rotatable bonds is 5. The molecule has 0 heterocycles. The maximum Gasteiger partial charge on any atom is 0.387 e. The Balaban J connectivity index is 3.32. The number of benzene rings is 1. The fraction of sp³-hybridized carbons (Fsp3) is 0.182. The summed E-state index contributed by atoms with van der Waals surface area (Å²) in [7, 11) is 0. The summed E-state index contributed by atoms with van der Waals surface area (Å²) in [4.78, 5) is 20.4. The molecule has 0 aliphatic heterocycles. The van der Waals surface area contributed by atoms with Crippen molar-refractivity contribution in [3.8, 4) is 5.75 Å². The number of carboxylic acid groups (broad SMARTS) is 1. The lowest BCUT2D eigenvalue weighted by Gasteiger charge is -2.09. The Kier molecular flexibility index (Phi) is 4.51. The molecule has 1 rings (SSSR count). The van der Waals surface area contributed by atoms with E-state index in [1.165, 1.54) is 6.92 Å². The molecule has 0 radical (unpaired) electrons. The molecule has 6 nitrogen and oxygen atoms in total. The number of aryl methyl sites for hydroxylation is 1. The van der Waals surface area contributed by atoms with Gasteiger partial charge >= 0.3 is 12.6 Å². The molecule has 0 saturated heterocycles. The fourth-order valence-electron chi connectivity index (χ4n) is 1.37. The number of ether oxygens (including phenoxy) is 1. The lowest BCUT2D eigenvalue weighted by Crippen LogP contribution is -2.04. The van der Waals surface area contributed by atoms with E-state index in [4.69, 9.17) is 5.11 Å².